The van der Waals surface area contributed by atoms with Gasteiger partial charge in [-0.2, -0.15) is 5.10 Å². The van der Waals surface area contributed by atoms with Crippen LogP contribution in [-0.2, 0) is 6.54 Å². The van der Waals surface area contributed by atoms with Crippen LogP contribution in [0.4, 0.5) is 0 Å². The standard InChI is InChI=1S/C18H18ClN5O/c1-10-16-14(18(25)22-20)8-15(12-4-5-12)21-17(16)24(23-10)9-11-2-6-13(19)7-3-11/h2-3,6-8,12H,4-5,9,20H2,1H3,(H,22,25). The van der Waals surface area contributed by atoms with Gasteiger partial charge in [0.15, 0.2) is 5.65 Å². The minimum atomic E-state index is -0.316. The van der Waals surface area contributed by atoms with Gasteiger partial charge in [-0.15, -0.1) is 0 Å². The number of amides is 1. The second kappa shape index (κ2) is 6.13. The number of benzene rings is 1. The Hall–Kier alpha value is -2.44. The number of hydrogen-bond acceptors (Lipinski definition) is 4. The summed E-state index contributed by atoms with van der Waals surface area (Å²) in [4.78, 5) is 17.1. The summed E-state index contributed by atoms with van der Waals surface area (Å²) < 4.78 is 1.84. The molecule has 1 amide bonds. The van der Waals surface area contributed by atoms with Crippen LogP contribution in [-0.4, -0.2) is 20.7 Å². The smallest absolute Gasteiger partial charge is 0.266 e. The Morgan fingerprint density at radius 3 is 2.72 bits per heavy atom. The van der Waals surface area contributed by atoms with Gasteiger partial charge in [-0.1, -0.05) is 23.7 Å². The predicted molar refractivity (Wildman–Crippen MR) is 96.4 cm³/mol. The molecule has 0 spiro atoms. The van der Waals surface area contributed by atoms with Crippen molar-refractivity contribution in [2.45, 2.75) is 32.2 Å². The highest BCUT2D eigenvalue weighted by atomic mass is 35.5. The zero-order chi connectivity index (χ0) is 17.6. The van der Waals surface area contributed by atoms with Crippen molar-refractivity contribution in [2.75, 3.05) is 0 Å². The summed E-state index contributed by atoms with van der Waals surface area (Å²) in [5.41, 5.74) is 6.25. The summed E-state index contributed by atoms with van der Waals surface area (Å²) >= 11 is 5.96. The molecule has 1 aliphatic rings. The number of rotatable bonds is 4. The van der Waals surface area contributed by atoms with Gasteiger partial charge in [0.2, 0.25) is 0 Å². The second-order valence-corrected chi connectivity index (χ2v) is 6.85. The van der Waals surface area contributed by atoms with E-state index in [-0.39, 0.29) is 5.91 Å². The highest BCUT2D eigenvalue weighted by Gasteiger charge is 2.28. The van der Waals surface area contributed by atoms with Crippen molar-refractivity contribution >= 4 is 28.5 Å². The first-order valence-corrected chi connectivity index (χ1v) is 8.58. The number of carbonyl (C=O) groups excluding carboxylic acids is 1. The molecular weight excluding hydrogens is 338 g/mol. The third-order valence-electron chi connectivity index (χ3n) is 4.51. The molecule has 1 saturated carbocycles. The number of nitrogens with two attached hydrogens (primary N) is 1. The molecule has 0 aliphatic heterocycles. The molecule has 25 heavy (non-hydrogen) atoms. The summed E-state index contributed by atoms with van der Waals surface area (Å²) in [5.74, 6) is 5.48. The second-order valence-electron chi connectivity index (χ2n) is 6.41. The van der Waals surface area contributed by atoms with E-state index < -0.39 is 0 Å². The van der Waals surface area contributed by atoms with Crippen LogP contribution in [0.2, 0.25) is 5.02 Å². The lowest BCUT2D eigenvalue weighted by Crippen LogP contribution is -2.30. The van der Waals surface area contributed by atoms with E-state index >= 15 is 0 Å². The molecule has 0 radical (unpaired) electrons. The van der Waals surface area contributed by atoms with Crippen LogP contribution in [0.15, 0.2) is 30.3 Å². The van der Waals surface area contributed by atoms with Gasteiger partial charge < -0.3 is 0 Å². The van der Waals surface area contributed by atoms with E-state index in [1.165, 1.54) is 0 Å². The van der Waals surface area contributed by atoms with Crippen molar-refractivity contribution in [3.05, 3.63) is 57.9 Å². The number of nitrogen functional groups attached to an aromatic ring is 1. The van der Waals surface area contributed by atoms with Gasteiger partial charge in [-0.05, 0) is 43.5 Å². The minimum Gasteiger partial charge on any atom is -0.290 e. The topological polar surface area (TPSA) is 85.8 Å². The molecule has 1 fully saturated rings. The number of pyridine rings is 1. The lowest BCUT2D eigenvalue weighted by Gasteiger charge is -2.08. The molecule has 3 N–H and O–H groups in total. The number of fused-ring (bicyclic) bond motifs is 1. The largest absolute Gasteiger partial charge is 0.290 e. The number of nitrogens with zero attached hydrogens (tertiary/aromatic N) is 3. The van der Waals surface area contributed by atoms with E-state index in [0.29, 0.717) is 23.0 Å². The molecule has 2 heterocycles. The van der Waals surface area contributed by atoms with E-state index in [2.05, 4.69) is 10.5 Å². The quantitative estimate of drug-likeness (QED) is 0.428. The van der Waals surface area contributed by atoms with Crippen molar-refractivity contribution in [1.82, 2.24) is 20.2 Å². The lowest BCUT2D eigenvalue weighted by atomic mass is 10.1. The highest BCUT2D eigenvalue weighted by Crippen LogP contribution is 2.40. The molecule has 7 heteroatoms. The summed E-state index contributed by atoms with van der Waals surface area (Å²) in [6, 6.07) is 9.48. The van der Waals surface area contributed by atoms with Crippen LogP contribution in [0.1, 0.15) is 46.1 Å². The van der Waals surface area contributed by atoms with E-state index in [0.717, 1.165) is 40.8 Å². The first-order valence-electron chi connectivity index (χ1n) is 8.20. The fourth-order valence-corrected chi connectivity index (χ4v) is 3.22. The molecule has 2 aromatic heterocycles. The highest BCUT2D eigenvalue weighted by molar-refractivity contribution is 6.30. The van der Waals surface area contributed by atoms with Gasteiger partial charge in [0.1, 0.15) is 0 Å². The number of aromatic nitrogens is 3. The van der Waals surface area contributed by atoms with Gasteiger partial charge >= 0.3 is 0 Å². The van der Waals surface area contributed by atoms with Crippen LogP contribution < -0.4 is 11.3 Å². The van der Waals surface area contributed by atoms with Crippen LogP contribution in [0.25, 0.3) is 11.0 Å². The van der Waals surface area contributed by atoms with Crippen molar-refractivity contribution < 1.29 is 4.79 Å². The molecule has 0 saturated heterocycles. The van der Waals surface area contributed by atoms with Gasteiger partial charge in [0.05, 0.1) is 23.2 Å². The van der Waals surface area contributed by atoms with E-state index in [9.17, 15) is 4.79 Å². The Labute approximate surface area is 150 Å². The maximum absolute atomic E-state index is 12.3. The number of nitrogens with one attached hydrogen (secondary N) is 1. The molecule has 1 aliphatic carbocycles. The van der Waals surface area contributed by atoms with Crippen LogP contribution in [0.5, 0.6) is 0 Å². The van der Waals surface area contributed by atoms with Crippen molar-refractivity contribution in [3.8, 4) is 0 Å². The van der Waals surface area contributed by atoms with E-state index in [1.54, 1.807) is 0 Å². The van der Waals surface area contributed by atoms with Crippen LogP contribution >= 0.6 is 11.6 Å². The number of carbonyl (C=O) groups is 1. The van der Waals surface area contributed by atoms with Gasteiger partial charge in [0, 0.05) is 16.6 Å². The molecule has 0 atom stereocenters. The lowest BCUT2D eigenvalue weighted by molar-refractivity contribution is 0.0955. The monoisotopic (exact) mass is 355 g/mol. The van der Waals surface area contributed by atoms with Gasteiger partial charge in [0.25, 0.3) is 5.91 Å². The van der Waals surface area contributed by atoms with Crippen molar-refractivity contribution in [1.29, 1.82) is 0 Å². The number of aryl methyl sites for hydroxylation is 1. The Morgan fingerprint density at radius 1 is 1.36 bits per heavy atom. The molecule has 4 rings (SSSR count). The normalized spacial score (nSPS) is 14.0. The maximum atomic E-state index is 12.3. The van der Waals surface area contributed by atoms with E-state index in [1.807, 2.05) is 41.9 Å². The fraction of sp³-hybridized carbons (Fsp3) is 0.278. The minimum absolute atomic E-state index is 0.316. The summed E-state index contributed by atoms with van der Waals surface area (Å²) in [6.45, 7) is 2.44. The van der Waals surface area contributed by atoms with Crippen LogP contribution in [0.3, 0.4) is 0 Å². The van der Waals surface area contributed by atoms with Gasteiger partial charge in [-0.25, -0.2) is 15.5 Å². The SMILES string of the molecule is Cc1nn(Cc2ccc(Cl)cc2)c2nc(C3CC3)cc(C(=O)NN)c12. The number of hydrogen-bond donors (Lipinski definition) is 2. The number of halogens is 1. The summed E-state index contributed by atoms with van der Waals surface area (Å²) in [5, 5.41) is 6.05. The average molecular weight is 356 g/mol. The molecular formula is C18H18ClN5O. The third-order valence-corrected chi connectivity index (χ3v) is 4.77. The third kappa shape index (κ3) is 2.99. The molecule has 0 unspecified atom stereocenters. The summed E-state index contributed by atoms with van der Waals surface area (Å²) in [7, 11) is 0. The Kier molecular flexibility index (Phi) is 3.94. The fourth-order valence-electron chi connectivity index (χ4n) is 3.09. The van der Waals surface area contributed by atoms with Gasteiger partial charge in [-0.3, -0.25) is 10.2 Å². The Balaban J connectivity index is 1.86. The Bertz CT molecular complexity index is 960. The molecule has 1 aromatic carbocycles. The summed E-state index contributed by atoms with van der Waals surface area (Å²) in [6.07, 6.45) is 2.21. The zero-order valence-corrected chi connectivity index (χ0v) is 14.5. The van der Waals surface area contributed by atoms with Crippen LogP contribution in [0, 0.1) is 6.92 Å². The first kappa shape index (κ1) is 16.1. The van der Waals surface area contributed by atoms with Crippen molar-refractivity contribution in [3.63, 3.8) is 0 Å². The Morgan fingerprint density at radius 2 is 2.08 bits per heavy atom. The molecule has 128 valence electrons. The first-order chi connectivity index (χ1) is 12.1. The van der Waals surface area contributed by atoms with Crippen molar-refractivity contribution in [2.24, 2.45) is 5.84 Å². The predicted octanol–water partition coefficient (Wildman–Crippen LogP) is 2.92. The molecule has 0 bridgehead atoms. The maximum Gasteiger partial charge on any atom is 0.266 e. The average Bonchev–Trinajstić information content (AvgIpc) is 3.42. The van der Waals surface area contributed by atoms with E-state index in [4.69, 9.17) is 22.4 Å². The zero-order valence-electron chi connectivity index (χ0n) is 13.8. The number of hydrazine groups is 1. The molecule has 3 aromatic rings. The molecule has 6 nitrogen and oxygen atoms in total.